The molecule has 5 nitrogen and oxygen atoms in total. The molecule has 1 aromatic rings. The molecule has 0 spiro atoms. The van der Waals surface area contributed by atoms with Crippen molar-refractivity contribution >= 4 is 23.6 Å². The van der Waals surface area contributed by atoms with E-state index >= 15 is 0 Å². The maximum absolute atomic E-state index is 13.0. The number of carbonyl (C=O) groups excluding carboxylic acids is 1. The number of thioether (sulfide) groups is 1. The van der Waals surface area contributed by atoms with Crippen LogP contribution in [-0.2, 0) is 14.3 Å². The van der Waals surface area contributed by atoms with E-state index in [1.54, 1.807) is 11.8 Å². The van der Waals surface area contributed by atoms with Gasteiger partial charge in [-0.25, -0.2) is 0 Å². The van der Waals surface area contributed by atoms with Crippen molar-refractivity contribution in [3.8, 4) is 0 Å². The Morgan fingerprint density at radius 1 is 1.08 bits per heavy atom. The van der Waals surface area contributed by atoms with Crippen LogP contribution in [0.15, 0.2) is 35.2 Å². The Balaban J connectivity index is 1.69. The number of carboxylic acid groups (broad SMARTS) is 1. The SMILES string of the molecule is O=C(O)C1(CNC(=O)C2(Sc3ccccc3)CCCC2)CCOCC1. The minimum absolute atomic E-state index is 0.0223. The first-order chi connectivity index (χ1) is 12.1. The summed E-state index contributed by atoms with van der Waals surface area (Å²) in [6.07, 6.45) is 4.63. The normalized spacial score (nSPS) is 21.6. The van der Waals surface area contributed by atoms with Gasteiger partial charge in [0.05, 0.1) is 10.2 Å². The third-order valence-electron chi connectivity index (χ3n) is 5.37. The van der Waals surface area contributed by atoms with Crippen molar-refractivity contribution in [2.75, 3.05) is 19.8 Å². The maximum atomic E-state index is 13.0. The lowest BCUT2D eigenvalue weighted by Gasteiger charge is -2.35. The summed E-state index contributed by atoms with van der Waals surface area (Å²) in [5.41, 5.74) is -0.898. The molecule has 1 saturated heterocycles. The number of carboxylic acids is 1. The van der Waals surface area contributed by atoms with Gasteiger partial charge in [0.1, 0.15) is 0 Å². The van der Waals surface area contributed by atoms with E-state index in [1.807, 2.05) is 30.3 Å². The van der Waals surface area contributed by atoms with Gasteiger partial charge in [0, 0.05) is 24.7 Å². The fourth-order valence-corrected chi connectivity index (χ4v) is 5.08. The number of aliphatic carboxylic acids is 1. The molecule has 0 bridgehead atoms. The number of carbonyl (C=O) groups is 2. The molecule has 6 heteroatoms. The highest BCUT2D eigenvalue weighted by molar-refractivity contribution is 8.01. The lowest BCUT2D eigenvalue weighted by Crippen LogP contribution is -2.50. The predicted octanol–water partition coefficient (Wildman–Crippen LogP) is 3.09. The second kappa shape index (κ2) is 7.79. The van der Waals surface area contributed by atoms with Crippen LogP contribution >= 0.6 is 11.8 Å². The molecular weight excluding hydrogens is 338 g/mol. The number of rotatable bonds is 6. The van der Waals surface area contributed by atoms with Gasteiger partial charge in [-0.05, 0) is 37.8 Å². The van der Waals surface area contributed by atoms with E-state index in [1.165, 1.54) is 0 Å². The van der Waals surface area contributed by atoms with E-state index in [0.717, 1.165) is 30.6 Å². The highest BCUT2D eigenvalue weighted by atomic mass is 32.2. The Labute approximate surface area is 152 Å². The van der Waals surface area contributed by atoms with Gasteiger partial charge in [-0.1, -0.05) is 31.0 Å². The third kappa shape index (κ3) is 4.01. The fraction of sp³-hybridized carbons (Fsp3) is 0.579. The van der Waals surface area contributed by atoms with E-state index in [2.05, 4.69) is 5.32 Å². The third-order valence-corrected chi connectivity index (χ3v) is 6.86. The molecule has 136 valence electrons. The van der Waals surface area contributed by atoms with Crippen molar-refractivity contribution in [3.05, 3.63) is 30.3 Å². The quantitative estimate of drug-likeness (QED) is 0.812. The number of hydrogen-bond acceptors (Lipinski definition) is 4. The summed E-state index contributed by atoms with van der Waals surface area (Å²) in [6, 6.07) is 9.96. The molecule has 2 aliphatic rings. The molecule has 1 amide bonds. The Bertz CT molecular complexity index is 607. The van der Waals surface area contributed by atoms with Crippen LogP contribution in [0.2, 0.25) is 0 Å². The second-order valence-electron chi connectivity index (χ2n) is 7.00. The predicted molar refractivity (Wildman–Crippen MR) is 96.6 cm³/mol. The fourth-order valence-electron chi connectivity index (χ4n) is 3.67. The van der Waals surface area contributed by atoms with Gasteiger partial charge in [-0.15, -0.1) is 11.8 Å². The Morgan fingerprint density at radius 2 is 1.72 bits per heavy atom. The average molecular weight is 363 g/mol. The highest BCUT2D eigenvalue weighted by Gasteiger charge is 2.45. The van der Waals surface area contributed by atoms with Crippen LogP contribution in [0.4, 0.5) is 0 Å². The summed E-state index contributed by atoms with van der Waals surface area (Å²) in [5, 5.41) is 12.6. The van der Waals surface area contributed by atoms with Crippen LogP contribution in [0, 0.1) is 5.41 Å². The zero-order chi connectivity index (χ0) is 17.8. The van der Waals surface area contributed by atoms with Crippen molar-refractivity contribution in [2.24, 2.45) is 5.41 Å². The van der Waals surface area contributed by atoms with Crippen molar-refractivity contribution < 1.29 is 19.4 Å². The lowest BCUT2D eigenvalue weighted by atomic mass is 9.80. The second-order valence-corrected chi connectivity index (χ2v) is 8.45. The molecule has 0 atom stereocenters. The Hall–Kier alpha value is -1.53. The molecular formula is C19H25NO4S. The van der Waals surface area contributed by atoms with Crippen LogP contribution in [0.3, 0.4) is 0 Å². The Morgan fingerprint density at radius 3 is 2.32 bits per heavy atom. The smallest absolute Gasteiger partial charge is 0.311 e. The molecule has 0 unspecified atom stereocenters. The summed E-state index contributed by atoms with van der Waals surface area (Å²) >= 11 is 1.62. The molecule has 1 aliphatic heterocycles. The summed E-state index contributed by atoms with van der Waals surface area (Å²) in [5.74, 6) is -0.863. The number of nitrogens with one attached hydrogen (secondary N) is 1. The van der Waals surface area contributed by atoms with E-state index < -0.39 is 16.1 Å². The van der Waals surface area contributed by atoms with E-state index in [4.69, 9.17) is 4.74 Å². The topological polar surface area (TPSA) is 75.6 Å². The lowest BCUT2D eigenvalue weighted by molar-refractivity contribution is -0.154. The van der Waals surface area contributed by atoms with Crippen LogP contribution in [0.1, 0.15) is 38.5 Å². The molecule has 3 rings (SSSR count). The number of amides is 1. The largest absolute Gasteiger partial charge is 0.481 e. The van der Waals surface area contributed by atoms with Gasteiger partial charge in [-0.3, -0.25) is 9.59 Å². The van der Waals surface area contributed by atoms with E-state index in [0.29, 0.717) is 26.1 Å². The molecule has 1 aliphatic carbocycles. The minimum atomic E-state index is -0.898. The van der Waals surface area contributed by atoms with Gasteiger partial charge in [0.15, 0.2) is 0 Å². The van der Waals surface area contributed by atoms with Crippen LogP contribution < -0.4 is 5.32 Å². The van der Waals surface area contributed by atoms with Crippen molar-refractivity contribution in [1.82, 2.24) is 5.32 Å². The molecule has 0 radical (unpaired) electrons. The van der Waals surface area contributed by atoms with Crippen molar-refractivity contribution in [3.63, 3.8) is 0 Å². The summed E-state index contributed by atoms with van der Waals surface area (Å²) in [6.45, 7) is 1.06. The average Bonchev–Trinajstić information content (AvgIpc) is 3.11. The van der Waals surface area contributed by atoms with Crippen LogP contribution in [0.25, 0.3) is 0 Å². The van der Waals surface area contributed by atoms with Crippen molar-refractivity contribution in [2.45, 2.75) is 48.2 Å². The standard InChI is InChI=1S/C19H25NO4S/c21-16(20-14-18(17(22)23)10-12-24-13-11-18)19(8-4-5-9-19)25-15-6-2-1-3-7-15/h1-3,6-7H,4-5,8-14H2,(H,20,21)(H,22,23). The maximum Gasteiger partial charge on any atom is 0.311 e. The molecule has 0 aromatic heterocycles. The number of ether oxygens (including phenoxy) is 1. The van der Waals surface area contributed by atoms with E-state index in [9.17, 15) is 14.7 Å². The van der Waals surface area contributed by atoms with Gasteiger partial charge in [0.25, 0.3) is 0 Å². The number of hydrogen-bond donors (Lipinski definition) is 2. The molecule has 2 N–H and O–H groups in total. The zero-order valence-electron chi connectivity index (χ0n) is 14.3. The van der Waals surface area contributed by atoms with Gasteiger partial charge in [-0.2, -0.15) is 0 Å². The first kappa shape index (κ1) is 18.3. The molecule has 2 fully saturated rings. The summed E-state index contributed by atoms with van der Waals surface area (Å²) < 4.78 is 4.82. The molecule has 1 aromatic carbocycles. The monoisotopic (exact) mass is 363 g/mol. The summed E-state index contributed by atoms with van der Waals surface area (Å²) in [4.78, 5) is 25.9. The minimum Gasteiger partial charge on any atom is -0.481 e. The number of benzene rings is 1. The zero-order valence-corrected chi connectivity index (χ0v) is 15.1. The van der Waals surface area contributed by atoms with Crippen molar-refractivity contribution in [1.29, 1.82) is 0 Å². The Kier molecular flexibility index (Phi) is 5.69. The first-order valence-corrected chi connectivity index (χ1v) is 9.72. The summed E-state index contributed by atoms with van der Waals surface area (Å²) in [7, 11) is 0. The van der Waals surface area contributed by atoms with Gasteiger partial charge >= 0.3 is 5.97 Å². The highest BCUT2D eigenvalue weighted by Crippen LogP contribution is 2.45. The molecule has 1 saturated carbocycles. The van der Waals surface area contributed by atoms with Crippen LogP contribution in [-0.4, -0.2) is 41.5 Å². The van der Waals surface area contributed by atoms with Gasteiger partial charge < -0.3 is 15.2 Å². The van der Waals surface area contributed by atoms with E-state index in [-0.39, 0.29) is 12.5 Å². The molecule has 1 heterocycles. The molecule has 25 heavy (non-hydrogen) atoms. The van der Waals surface area contributed by atoms with Gasteiger partial charge in [0.2, 0.25) is 5.91 Å². The van der Waals surface area contributed by atoms with Crippen LogP contribution in [0.5, 0.6) is 0 Å². The first-order valence-electron chi connectivity index (χ1n) is 8.90.